The molecule has 0 saturated carbocycles. The zero-order valence-electron chi connectivity index (χ0n) is 16.1. The van der Waals surface area contributed by atoms with Crippen LogP contribution in [0.15, 0.2) is 64.0 Å². The number of aromatic amines is 1. The number of ether oxygens (including phenoxy) is 1. The Labute approximate surface area is 179 Å². The Hall–Kier alpha value is -3.39. The minimum Gasteiger partial charge on any atom is -0.496 e. The highest BCUT2D eigenvalue weighted by atomic mass is 35.5. The lowest BCUT2D eigenvalue weighted by molar-refractivity contribution is -0.137. The maximum atomic E-state index is 13.4. The first-order valence-electron chi connectivity index (χ1n) is 9.15. The number of nitrogens with one attached hydrogen (secondary N) is 2. The highest BCUT2D eigenvalue weighted by Crippen LogP contribution is 2.41. The van der Waals surface area contributed by atoms with Gasteiger partial charge in [-0.3, -0.25) is 4.79 Å². The van der Waals surface area contributed by atoms with Gasteiger partial charge in [0.1, 0.15) is 17.2 Å². The number of pyridine rings is 1. The van der Waals surface area contributed by atoms with Crippen LogP contribution in [0.25, 0.3) is 22.0 Å². The summed E-state index contributed by atoms with van der Waals surface area (Å²) in [5.74, 6) is 0.905. The number of halogens is 4. The minimum absolute atomic E-state index is 0.0730. The predicted molar refractivity (Wildman–Crippen MR) is 113 cm³/mol. The van der Waals surface area contributed by atoms with Gasteiger partial charge in [-0.05, 0) is 48.5 Å². The quantitative estimate of drug-likeness (QED) is 0.388. The molecule has 0 atom stereocenters. The van der Waals surface area contributed by atoms with Crippen LogP contribution in [0, 0.1) is 0 Å². The standard InChI is InChI=1S/C22H16ClF3N2O3/c1-30-18-7-5-13(23)10-16(18)19-15-9-12(22(24,25)26)4-6-17(15)28-21(29)20(19)27-11-14-3-2-8-31-14/h2-10,27H,11H2,1H3,(H,28,29). The van der Waals surface area contributed by atoms with Gasteiger partial charge in [0.2, 0.25) is 0 Å². The van der Waals surface area contributed by atoms with Gasteiger partial charge in [0.25, 0.3) is 5.56 Å². The molecule has 9 heteroatoms. The second-order valence-electron chi connectivity index (χ2n) is 6.74. The largest absolute Gasteiger partial charge is 0.496 e. The van der Waals surface area contributed by atoms with Crippen LogP contribution in [-0.4, -0.2) is 12.1 Å². The van der Waals surface area contributed by atoms with E-state index in [2.05, 4.69) is 10.3 Å². The van der Waals surface area contributed by atoms with Gasteiger partial charge in [-0.15, -0.1) is 0 Å². The number of hydrogen-bond donors (Lipinski definition) is 2. The van der Waals surface area contributed by atoms with Gasteiger partial charge in [-0.1, -0.05) is 11.6 Å². The maximum Gasteiger partial charge on any atom is 0.416 e. The lowest BCUT2D eigenvalue weighted by Crippen LogP contribution is -2.16. The Kier molecular flexibility index (Phi) is 5.41. The average molecular weight is 449 g/mol. The Bertz CT molecular complexity index is 1300. The van der Waals surface area contributed by atoms with Crippen molar-refractivity contribution in [3.05, 3.63) is 81.5 Å². The zero-order valence-corrected chi connectivity index (χ0v) is 16.9. The summed E-state index contributed by atoms with van der Waals surface area (Å²) < 4.78 is 51.0. The molecule has 0 radical (unpaired) electrons. The molecule has 0 aliphatic rings. The molecule has 160 valence electrons. The highest BCUT2D eigenvalue weighted by Gasteiger charge is 2.31. The normalized spacial score (nSPS) is 11.6. The number of fused-ring (bicyclic) bond motifs is 1. The molecular formula is C22H16ClF3N2O3. The van der Waals surface area contributed by atoms with E-state index < -0.39 is 17.3 Å². The summed E-state index contributed by atoms with van der Waals surface area (Å²) >= 11 is 6.17. The number of methoxy groups -OCH3 is 1. The molecule has 0 unspecified atom stereocenters. The third-order valence-electron chi connectivity index (χ3n) is 4.79. The Morgan fingerprint density at radius 2 is 1.97 bits per heavy atom. The zero-order chi connectivity index (χ0) is 22.2. The van der Waals surface area contributed by atoms with Gasteiger partial charge in [0, 0.05) is 27.1 Å². The van der Waals surface area contributed by atoms with E-state index in [1.165, 1.54) is 19.4 Å². The molecule has 4 rings (SSSR count). The molecule has 2 heterocycles. The number of furan rings is 1. The van der Waals surface area contributed by atoms with Gasteiger partial charge in [-0.25, -0.2) is 0 Å². The Morgan fingerprint density at radius 1 is 1.16 bits per heavy atom. The van der Waals surface area contributed by atoms with Crippen molar-refractivity contribution in [3.8, 4) is 16.9 Å². The smallest absolute Gasteiger partial charge is 0.416 e. The monoisotopic (exact) mass is 448 g/mol. The summed E-state index contributed by atoms with van der Waals surface area (Å²) in [6, 6.07) is 11.3. The van der Waals surface area contributed by atoms with Crippen LogP contribution in [0.1, 0.15) is 11.3 Å². The highest BCUT2D eigenvalue weighted by molar-refractivity contribution is 6.31. The third-order valence-corrected chi connectivity index (χ3v) is 5.03. The first kappa shape index (κ1) is 20.9. The molecule has 0 saturated heterocycles. The fourth-order valence-corrected chi connectivity index (χ4v) is 3.55. The lowest BCUT2D eigenvalue weighted by Gasteiger charge is -2.18. The molecule has 0 amide bonds. The van der Waals surface area contributed by atoms with Crippen molar-refractivity contribution < 1.29 is 22.3 Å². The van der Waals surface area contributed by atoms with Gasteiger partial charge >= 0.3 is 6.18 Å². The first-order valence-corrected chi connectivity index (χ1v) is 9.53. The van der Waals surface area contributed by atoms with Crippen molar-refractivity contribution >= 4 is 28.2 Å². The summed E-state index contributed by atoms with van der Waals surface area (Å²) in [5, 5.41) is 3.52. The number of alkyl halides is 3. The van der Waals surface area contributed by atoms with E-state index in [9.17, 15) is 18.0 Å². The molecule has 0 fully saturated rings. The number of H-pyrrole nitrogens is 1. The lowest BCUT2D eigenvalue weighted by atomic mass is 9.97. The number of benzene rings is 2. The van der Waals surface area contributed by atoms with Gasteiger partial charge in [0.15, 0.2) is 0 Å². The fourth-order valence-electron chi connectivity index (χ4n) is 3.38. The summed E-state index contributed by atoms with van der Waals surface area (Å²) in [5.41, 5.74) is -0.396. The van der Waals surface area contributed by atoms with Crippen LogP contribution < -0.4 is 15.6 Å². The van der Waals surface area contributed by atoms with Gasteiger partial charge in [-0.2, -0.15) is 13.2 Å². The van der Waals surface area contributed by atoms with Gasteiger partial charge < -0.3 is 19.5 Å². The summed E-state index contributed by atoms with van der Waals surface area (Å²) in [6.45, 7) is 0.149. The van der Waals surface area contributed by atoms with E-state index >= 15 is 0 Å². The van der Waals surface area contributed by atoms with Crippen molar-refractivity contribution in [2.45, 2.75) is 12.7 Å². The number of anilines is 1. The van der Waals surface area contributed by atoms with Crippen LogP contribution in [0.2, 0.25) is 5.02 Å². The second-order valence-corrected chi connectivity index (χ2v) is 7.18. The Morgan fingerprint density at radius 3 is 2.65 bits per heavy atom. The third kappa shape index (κ3) is 4.11. The molecule has 0 aliphatic carbocycles. The number of aromatic nitrogens is 1. The number of rotatable bonds is 5. The molecule has 5 nitrogen and oxygen atoms in total. The molecule has 31 heavy (non-hydrogen) atoms. The first-order chi connectivity index (χ1) is 14.8. The van der Waals surface area contributed by atoms with Crippen molar-refractivity contribution in [1.29, 1.82) is 0 Å². The fraction of sp³-hybridized carbons (Fsp3) is 0.136. The molecule has 2 aromatic heterocycles. The van der Waals surface area contributed by atoms with Crippen molar-refractivity contribution in [2.75, 3.05) is 12.4 Å². The molecule has 2 N–H and O–H groups in total. The van der Waals surface area contributed by atoms with Crippen LogP contribution in [-0.2, 0) is 12.7 Å². The molecule has 0 spiro atoms. The molecule has 4 aromatic rings. The van der Waals surface area contributed by atoms with E-state index in [0.29, 0.717) is 22.1 Å². The summed E-state index contributed by atoms with van der Waals surface area (Å²) in [6.07, 6.45) is -3.07. The SMILES string of the molecule is COc1ccc(Cl)cc1-c1c(NCc2ccco2)c(=O)[nH]c2ccc(C(F)(F)F)cc12. The van der Waals surface area contributed by atoms with E-state index in [4.69, 9.17) is 20.8 Å². The van der Waals surface area contributed by atoms with E-state index in [1.54, 1.807) is 30.3 Å². The minimum atomic E-state index is -4.55. The second kappa shape index (κ2) is 8.03. The molecule has 0 aliphatic heterocycles. The number of hydrogen-bond acceptors (Lipinski definition) is 4. The predicted octanol–water partition coefficient (Wildman–Crippen LogP) is 6.08. The average Bonchev–Trinajstić information content (AvgIpc) is 3.24. The van der Waals surface area contributed by atoms with Crippen LogP contribution >= 0.6 is 11.6 Å². The maximum absolute atomic E-state index is 13.4. The summed E-state index contributed by atoms with van der Waals surface area (Å²) in [7, 11) is 1.43. The van der Waals surface area contributed by atoms with Crippen molar-refractivity contribution in [2.24, 2.45) is 0 Å². The summed E-state index contributed by atoms with van der Waals surface area (Å²) in [4.78, 5) is 15.5. The topological polar surface area (TPSA) is 67.3 Å². The van der Waals surface area contributed by atoms with Gasteiger partial charge in [0.05, 0.1) is 25.5 Å². The molecule has 0 bridgehead atoms. The van der Waals surface area contributed by atoms with Crippen LogP contribution in [0.4, 0.5) is 18.9 Å². The van der Waals surface area contributed by atoms with Crippen LogP contribution in [0.3, 0.4) is 0 Å². The Balaban J connectivity index is 2.03. The van der Waals surface area contributed by atoms with Crippen LogP contribution in [0.5, 0.6) is 5.75 Å². The van der Waals surface area contributed by atoms with Crippen molar-refractivity contribution in [1.82, 2.24) is 4.98 Å². The molecular weight excluding hydrogens is 433 g/mol. The molecule has 2 aromatic carbocycles. The van der Waals surface area contributed by atoms with E-state index in [1.807, 2.05) is 0 Å². The van der Waals surface area contributed by atoms with E-state index in [0.717, 1.165) is 12.1 Å². The van der Waals surface area contributed by atoms with E-state index in [-0.39, 0.29) is 28.7 Å². The van der Waals surface area contributed by atoms with Crippen molar-refractivity contribution in [3.63, 3.8) is 0 Å².